The summed E-state index contributed by atoms with van der Waals surface area (Å²) < 4.78 is 30.5. The van der Waals surface area contributed by atoms with Crippen LogP contribution in [-0.4, -0.2) is 50.3 Å². The second-order valence-electron chi connectivity index (χ2n) is 6.07. The molecule has 2 bridgehead atoms. The number of benzene rings is 1. The van der Waals surface area contributed by atoms with Crippen molar-refractivity contribution < 1.29 is 17.9 Å². The third-order valence-corrected chi connectivity index (χ3v) is 6.95. The van der Waals surface area contributed by atoms with Crippen molar-refractivity contribution in [3.05, 3.63) is 30.3 Å². The summed E-state index contributed by atoms with van der Waals surface area (Å²) in [4.78, 5) is 14.4. The molecule has 2 heterocycles. The summed E-state index contributed by atoms with van der Waals surface area (Å²) in [7, 11) is -1.81. The molecule has 2 aliphatic rings. The highest BCUT2D eigenvalue weighted by molar-refractivity contribution is 7.92. The van der Waals surface area contributed by atoms with Crippen LogP contribution in [0, 0.1) is 0 Å². The van der Waals surface area contributed by atoms with Gasteiger partial charge in [0.2, 0.25) is 5.91 Å². The van der Waals surface area contributed by atoms with E-state index in [1.807, 2.05) is 11.0 Å². The highest BCUT2D eigenvalue weighted by Gasteiger charge is 2.46. The van der Waals surface area contributed by atoms with Crippen molar-refractivity contribution in [2.75, 3.05) is 13.7 Å². The molecule has 6 heteroatoms. The van der Waals surface area contributed by atoms with Gasteiger partial charge in [-0.25, -0.2) is 8.42 Å². The summed E-state index contributed by atoms with van der Waals surface area (Å²) >= 11 is 0. The standard InChI is InChI=1S/C16H21NO4S/c1-21-11-16(18)17-12-7-8-13(17)10-15(9-12)22(19,20)14-5-3-2-4-6-14/h2-6,12-13,15H,7-11H2,1H3. The van der Waals surface area contributed by atoms with Crippen LogP contribution in [0.3, 0.4) is 0 Å². The maximum Gasteiger partial charge on any atom is 0.249 e. The molecule has 2 atom stereocenters. The molecule has 0 radical (unpaired) electrons. The van der Waals surface area contributed by atoms with Crippen LogP contribution in [0.25, 0.3) is 0 Å². The Morgan fingerprint density at radius 3 is 2.32 bits per heavy atom. The average molecular weight is 323 g/mol. The van der Waals surface area contributed by atoms with Gasteiger partial charge in [-0.15, -0.1) is 0 Å². The fraction of sp³-hybridized carbons (Fsp3) is 0.562. The highest BCUT2D eigenvalue weighted by atomic mass is 32.2. The summed E-state index contributed by atoms with van der Waals surface area (Å²) in [6.07, 6.45) is 2.84. The fourth-order valence-corrected chi connectivity index (χ4v) is 5.66. The van der Waals surface area contributed by atoms with E-state index in [9.17, 15) is 13.2 Å². The molecule has 1 aromatic carbocycles. The van der Waals surface area contributed by atoms with E-state index in [1.54, 1.807) is 24.3 Å². The summed E-state index contributed by atoms with van der Waals surface area (Å²) in [5.41, 5.74) is 0. The van der Waals surface area contributed by atoms with Crippen molar-refractivity contribution >= 4 is 15.7 Å². The molecule has 2 unspecified atom stereocenters. The molecule has 0 spiro atoms. The summed E-state index contributed by atoms with van der Waals surface area (Å²) in [6, 6.07) is 8.68. The lowest BCUT2D eigenvalue weighted by molar-refractivity contribution is -0.139. The van der Waals surface area contributed by atoms with Crippen LogP contribution in [0.15, 0.2) is 35.2 Å². The summed E-state index contributed by atoms with van der Waals surface area (Å²) in [5, 5.41) is -0.390. The molecule has 22 heavy (non-hydrogen) atoms. The molecule has 0 aliphatic carbocycles. The maximum atomic E-state index is 12.8. The molecular formula is C16H21NO4S. The van der Waals surface area contributed by atoms with Crippen LogP contribution in [0.2, 0.25) is 0 Å². The third kappa shape index (κ3) is 2.65. The Morgan fingerprint density at radius 2 is 1.77 bits per heavy atom. The summed E-state index contributed by atoms with van der Waals surface area (Å²) in [5.74, 6) is -0.0226. The zero-order valence-corrected chi connectivity index (χ0v) is 13.5. The molecule has 0 saturated carbocycles. The van der Waals surface area contributed by atoms with Gasteiger partial charge in [-0.05, 0) is 37.8 Å². The van der Waals surface area contributed by atoms with E-state index in [2.05, 4.69) is 0 Å². The van der Waals surface area contributed by atoms with E-state index in [0.29, 0.717) is 17.7 Å². The minimum absolute atomic E-state index is 0.0226. The van der Waals surface area contributed by atoms with Gasteiger partial charge >= 0.3 is 0 Å². The molecule has 2 saturated heterocycles. The van der Waals surface area contributed by atoms with Crippen molar-refractivity contribution in [2.24, 2.45) is 0 Å². The minimum Gasteiger partial charge on any atom is -0.375 e. The number of piperidine rings is 1. The van der Waals surface area contributed by atoms with E-state index in [1.165, 1.54) is 7.11 Å². The number of amides is 1. The monoisotopic (exact) mass is 323 g/mol. The first-order valence-corrected chi connectivity index (χ1v) is 9.17. The van der Waals surface area contributed by atoms with Gasteiger partial charge < -0.3 is 9.64 Å². The largest absolute Gasteiger partial charge is 0.375 e. The number of rotatable bonds is 4. The van der Waals surface area contributed by atoms with Crippen molar-refractivity contribution in [1.29, 1.82) is 0 Å². The Labute approximate surface area is 131 Å². The van der Waals surface area contributed by atoms with Crippen LogP contribution in [0.5, 0.6) is 0 Å². The third-order valence-electron chi connectivity index (χ3n) is 4.76. The number of hydrogen-bond donors (Lipinski definition) is 0. The Balaban J connectivity index is 1.80. The molecule has 2 fully saturated rings. The van der Waals surface area contributed by atoms with Crippen LogP contribution >= 0.6 is 0 Å². The predicted octanol–water partition coefficient (Wildman–Crippen LogP) is 1.63. The molecule has 1 amide bonds. The summed E-state index contributed by atoms with van der Waals surface area (Å²) in [6.45, 7) is 0.0725. The Bertz CT molecular complexity index is 629. The van der Waals surface area contributed by atoms with Crippen LogP contribution in [-0.2, 0) is 19.4 Å². The number of sulfone groups is 1. The van der Waals surface area contributed by atoms with E-state index in [-0.39, 0.29) is 29.8 Å². The second-order valence-corrected chi connectivity index (χ2v) is 8.30. The predicted molar refractivity (Wildman–Crippen MR) is 82.2 cm³/mol. The van der Waals surface area contributed by atoms with Gasteiger partial charge in [0.15, 0.2) is 9.84 Å². The van der Waals surface area contributed by atoms with Crippen LogP contribution in [0.4, 0.5) is 0 Å². The Hall–Kier alpha value is -1.40. The lowest BCUT2D eigenvalue weighted by Crippen LogP contribution is -2.50. The second kappa shape index (κ2) is 6.01. The van der Waals surface area contributed by atoms with E-state index in [4.69, 9.17) is 4.74 Å². The lowest BCUT2D eigenvalue weighted by atomic mass is 10.0. The first-order chi connectivity index (χ1) is 10.5. The zero-order chi connectivity index (χ0) is 15.7. The highest BCUT2D eigenvalue weighted by Crippen LogP contribution is 2.39. The van der Waals surface area contributed by atoms with Gasteiger partial charge in [-0.1, -0.05) is 18.2 Å². The average Bonchev–Trinajstić information content (AvgIpc) is 2.78. The van der Waals surface area contributed by atoms with Gasteiger partial charge in [0, 0.05) is 19.2 Å². The van der Waals surface area contributed by atoms with Gasteiger partial charge in [0.25, 0.3) is 0 Å². The number of fused-ring (bicyclic) bond motifs is 2. The number of nitrogens with zero attached hydrogens (tertiary/aromatic N) is 1. The zero-order valence-electron chi connectivity index (χ0n) is 12.6. The number of hydrogen-bond acceptors (Lipinski definition) is 4. The Morgan fingerprint density at radius 1 is 1.18 bits per heavy atom. The molecule has 2 aliphatic heterocycles. The van der Waals surface area contributed by atoms with Crippen molar-refractivity contribution in [2.45, 2.75) is 47.9 Å². The van der Waals surface area contributed by atoms with Gasteiger partial charge in [0.1, 0.15) is 6.61 Å². The van der Waals surface area contributed by atoms with Crippen LogP contribution in [0.1, 0.15) is 25.7 Å². The van der Waals surface area contributed by atoms with Gasteiger partial charge in [0.05, 0.1) is 10.1 Å². The van der Waals surface area contributed by atoms with Crippen molar-refractivity contribution in [1.82, 2.24) is 4.90 Å². The normalized spacial score (nSPS) is 27.9. The SMILES string of the molecule is COCC(=O)N1C2CCC1CC(S(=O)(=O)c1ccccc1)C2. The van der Waals surface area contributed by atoms with Gasteiger partial charge in [-0.2, -0.15) is 0 Å². The van der Waals surface area contributed by atoms with E-state index >= 15 is 0 Å². The molecule has 120 valence electrons. The van der Waals surface area contributed by atoms with E-state index in [0.717, 1.165) is 12.8 Å². The quantitative estimate of drug-likeness (QED) is 0.845. The minimum atomic E-state index is -3.32. The lowest BCUT2D eigenvalue weighted by Gasteiger charge is -2.38. The molecule has 0 N–H and O–H groups in total. The molecule has 5 nitrogen and oxygen atoms in total. The first-order valence-electron chi connectivity index (χ1n) is 7.63. The van der Waals surface area contributed by atoms with E-state index < -0.39 is 9.84 Å². The Kier molecular flexibility index (Phi) is 4.23. The number of ether oxygens (including phenoxy) is 1. The molecule has 0 aromatic heterocycles. The van der Waals surface area contributed by atoms with Crippen LogP contribution < -0.4 is 0 Å². The fourth-order valence-electron chi connectivity index (χ4n) is 3.79. The first kappa shape index (κ1) is 15.5. The maximum absolute atomic E-state index is 12.8. The molecule has 3 rings (SSSR count). The smallest absolute Gasteiger partial charge is 0.249 e. The number of carbonyl (C=O) groups is 1. The van der Waals surface area contributed by atoms with Gasteiger partial charge in [-0.3, -0.25) is 4.79 Å². The molecular weight excluding hydrogens is 302 g/mol. The molecule has 1 aromatic rings. The van der Waals surface area contributed by atoms with Crippen molar-refractivity contribution in [3.8, 4) is 0 Å². The van der Waals surface area contributed by atoms with Crippen molar-refractivity contribution in [3.63, 3.8) is 0 Å². The topological polar surface area (TPSA) is 63.7 Å². The number of methoxy groups -OCH3 is 1. The number of carbonyl (C=O) groups excluding carboxylic acids is 1.